The summed E-state index contributed by atoms with van der Waals surface area (Å²) in [6.45, 7) is 15.2. The Hall–Kier alpha value is -3.27. The molecule has 2 aromatic carbocycles. The molecular weight excluding hydrogens is 406 g/mol. The van der Waals surface area contributed by atoms with Crippen LogP contribution < -0.4 is 14.5 Å². The van der Waals surface area contributed by atoms with Crippen LogP contribution in [0.2, 0.25) is 0 Å². The number of rotatable bonds is 8. The molecule has 4 nitrogen and oxygen atoms in total. The van der Waals surface area contributed by atoms with Gasteiger partial charge < -0.3 is 14.5 Å². The maximum atomic E-state index is 6.23. The fourth-order valence-corrected chi connectivity index (χ4v) is 4.22. The third-order valence-corrected chi connectivity index (χ3v) is 5.95. The number of para-hydroxylation sites is 2. The van der Waals surface area contributed by atoms with E-state index in [2.05, 4.69) is 87.8 Å². The van der Waals surface area contributed by atoms with Crippen LogP contribution in [-0.2, 0) is 6.42 Å². The summed E-state index contributed by atoms with van der Waals surface area (Å²) in [5.41, 5.74) is 7.08. The summed E-state index contributed by atoms with van der Waals surface area (Å²) in [5, 5.41) is 0. The van der Waals surface area contributed by atoms with Gasteiger partial charge in [0, 0.05) is 30.7 Å². The van der Waals surface area contributed by atoms with Crippen molar-refractivity contribution < 1.29 is 4.74 Å². The Morgan fingerprint density at radius 1 is 0.818 bits per heavy atom. The maximum Gasteiger partial charge on any atom is 0.217 e. The zero-order valence-corrected chi connectivity index (χ0v) is 20.2. The van der Waals surface area contributed by atoms with E-state index < -0.39 is 0 Å². The van der Waals surface area contributed by atoms with Gasteiger partial charge in [0.25, 0.3) is 0 Å². The van der Waals surface area contributed by atoms with Crippen molar-refractivity contribution in [1.29, 1.82) is 0 Å². The third-order valence-electron chi connectivity index (χ3n) is 5.95. The van der Waals surface area contributed by atoms with Crippen LogP contribution in [0.1, 0.15) is 61.9 Å². The van der Waals surface area contributed by atoms with Gasteiger partial charge in [0.15, 0.2) is 0 Å². The summed E-state index contributed by atoms with van der Waals surface area (Å²) < 4.78 is 6.23. The molecule has 4 heteroatoms. The first-order valence-corrected chi connectivity index (χ1v) is 11.7. The largest absolute Gasteiger partial charge is 0.491 e. The SMILES string of the molecule is Cc1cccc(OCCc2ccccn2)c1N1[C]N(c2c(C(C)C)cccc2C(C)C)C=C1. The lowest BCUT2D eigenvalue weighted by Crippen LogP contribution is -2.22. The second-order valence-electron chi connectivity index (χ2n) is 9.07. The highest BCUT2D eigenvalue weighted by atomic mass is 16.5. The fraction of sp³-hybridized carbons (Fsp3) is 0.310. The van der Waals surface area contributed by atoms with Crippen molar-refractivity contribution >= 4 is 11.4 Å². The summed E-state index contributed by atoms with van der Waals surface area (Å²) >= 11 is 0. The second-order valence-corrected chi connectivity index (χ2v) is 9.07. The minimum absolute atomic E-state index is 0.423. The molecule has 0 saturated heterocycles. The number of pyridine rings is 1. The van der Waals surface area contributed by atoms with Gasteiger partial charge in [-0.25, -0.2) is 0 Å². The van der Waals surface area contributed by atoms with Crippen LogP contribution in [0.3, 0.4) is 0 Å². The molecule has 0 unspecified atom stereocenters. The highest BCUT2D eigenvalue weighted by Crippen LogP contribution is 2.41. The summed E-state index contributed by atoms with van der Waals surface area (Å²) in [5.74, 6) is 1.70. The van der Waals surface area contributed by atoms with Gasteiger partial charge in [-0.1, -0.05) is 64.1 Å². The van der Waals surface area contributed by atoms with E-state index in [1.54, 1.807) is 0 Å². The van der Waals surface area contributed by atoms with Gasteiger partial charge in [-0.3, -0.25) is 4.98 Å². The average Bonchev–Trinajstić information content (AvgIpc) is 3.28. The normalized spacial score (nSPS) is 13.4. The van der Waals surface area contributed by atoms with Gasteiger partial charge in [0.05, 0.1) is 18.0 Å². The average molecular weight is 440 g/mol. The molecule has 4 rings (SSSR count). The molecule has 0 fully saturated rings. The molecule has 0 N–H and O–H groups in total. The van der Waals surface area contributed by atoms with Crippen molar-refractivity contribution in [3.8, 4) is 5.75 Å². The molecule has 33 heavy (non-hydrogen) atoms. The number of aryl methyl sites for hydroxylation is 1. The molecule has 0 atom stereocenters. The predicted molar refractivity (Wildman–Crippen MR) is 137 cm³/mol. The van der Waals surface area contributed by atoms with Crippen molar-refractivity contribution in [3.05, 3.63) is 102 Å². The van der Waals surface area contributed by atoms with E-state index in [-0.39, 0.29) is 0 Å². The monoisotopic (exact) mass is 439 g/mol. The lowest BCUT2D eigenvalue weighted by Gasteiger charge is -2.28. The van der Waals surface area contributed by atoms with Gasteiger partial charge in [-0.05, 0) is 53.6 Å². The van der Waals surface area contributed by atoms with Crippen LogP contribution in [0, 0.1) is 13.6 Å². The van der Waals surface area contributed by atoms with Crippen molar-refractivity contribution in [1.82, 2.24) is 4.98 Å². The van der Waals surface area contributed by atoms with E-state index >= 15 is 0 Å². The minimum Gasteiger partial charge on any atom is -0.491 e. The van der Waals surface area contributed by atoms with Crippen molar-refractivity contribution in [2.45, 2.75) is 52.9 Å². The van der Waals surface area contributed by atoms with Crippen LogP contribution >= 0.6 is 0 Å². The number of nitrogens with zero attached hydrogens (tertiary/aromatic N) is 3. The fourth-order valence-electron chi connectivity index (χ4n) is 4.22. The molecule has 1 aliphatic rings. The number of hydrogen-bond acceptors (Lipinski definition) is 4. The lowest BCUT2D eigenvalue weighted by atomic mass is 9.92. The molecule has 2 radical (unpaired) electrons. The predicted octanol–water partition coefficient (Wildman–Crippen LogP) is 7.05. The Kier molecular flexibility index (Phi) is 7.02. The molecule has 1 aromatic heterocycles. The molecular formula is C29H33N3O. The topological polar surface area (TPSA) is 28.6 Å². The number of ether oxygens (including phenoxy) is 1. The third kappa shape index (κ3) is 5.05. The van der Waals surface area contributed by atoms with Gasteiger partial charge in [0.1, 0.15) is 5.75 Å². The molecule has 170 valence electrons. The van der Waals surface area contributed by atoms with Crippen LogP contribution in [0.5, 0.6) is 5.75 Å². The lowest BCUT2D eigenvalue weighted by molar-refractivity contribution is 0.321. The Morgan fingerprint density at radius 3 is 2.12 bits per heavy atom. The van der Waals surface area contributed by atoms with Crippen LogP contribution in [0.25, 0.3) is 0 Å². The summed E-state index contributed by atoms with van der Waals surface area (Å²) in [6, 6.07) is 18.8. The van der Waals surface area contributed by atoms with E-state index in [1.165, 1.54) is 16.8 Å². The summed E-state index contributed by atoms with van der Waals surface area (Å²) in [6.07, 6.45) is 6.75. The van der Waals surface area contributed by atoms with Gasteiger partial charge in [0.2, 0.25) is 6.67 Å². The first kappa shape index (κ1) is 22.9. The molecule has 0 amide bonds. The van der Waals surface area contributed by atoms with Crippen LogP contribution in [-0.4, -0.2) is 11.6 Å². The van der Waals surface area contributed by atoms with Crippen molar-refractivity contribution in [2.75, 3.05) is 16.4 Å². The number of hydrogen-bond donors (Lipinski definition) is 0. The molecule has 2 heterocycles. The molecule has 1 aliphatic heterocycles. The van der Waals surface area contributed by atoms with E-state index in [0.717, 1.165) is 29.1 Å². The molecule has 0 aliphatic carbocycles. The van der Waals surface area contributed by atoms with E-state index in [9.17, 15) is 0 Å². The number of benzene rings is 2. The number of aromatic nitrogens is 1. The van der Waals surface area contributed by atoms with Crippen LogP contribution in [0.4, 0.5) is 11.4 Å². The van der Waals surface area contributed by atoms with Crippen molar-refractivity contribution in [3.63, 3.8) is 0 Å². The Labute approximate surface area is 198 Å². The zero-order chi connectivity index (χ0) is 23.4. The Balaban J connectivity index is 1.56. The van der Waals surface area contributed by atoms with Crippen molar-refractivity contribution in [2.24, 2.45) is 0 Å². The maximum absolute atomic E-state index is 6.23. The highest BCUT2D eigenvalue weighted by Gasteiger charge is 2.26. The highest BCUT2D eigenvalue weighted by molar-refractivity contribution is 5.73. The molecule has 3 aromatic rings. The van der Waals surface area contributed by atoms with Gasteiger partial charge in [-0.15, -0.1) is 0 Å². The molecule has 0 spiro atoms. The molecule has 0 saturated carbocycles. The van der Waals surface area contributed by atoms with Crippen LogP contribution in [0.15, 0.2) is 73.2 Å². The summed E-state index contributed by atoms with van der Waals surface area (Å²) in [7, 11) is 0. The number of anilines is 2. The molecule has 0 bridgehead atoms. The second kappa shape index (κ2) is 10.1. The van der Waals surface area contributed by atoms with Gasteiger partial charge in [-0.2, -0.15) is 0 Å². The standard InChI is InChI=1S/C29H33N3O/c1-21(2)25-12-9-13-26(22(3)4)29(25)32-18-17-31(20-32)28-23(5)10-8-14-27(28)33-19-15-24-11-6-7-16-30-24/h6-14,16-18,21-22H,15,19H2,1-5H3. The smallest absolute Gasteiger partial charge is 0.217 e. The van der Waals surface area contributed by atoms with E-state index in [0.29, 0.717) is 18.4 Å². The first-order valence-electron chi connectivity index (χ1n) is 11.7. The summed E-state index contributed by atoms with van der Waals surface area (Å²) in [4.78, 5) is 8.58. The zero-order valence-electron chi connectivity index (χ0n) is 20.2. The quantitative estimate of drug-likeness (QED) is 0.376. The van der Waals surface area contributed by atoms with Gasteiger partial charge >= 0.3 is 0 Å². The minimum atomic E-state index is 0.423. The van der Waals surface area contributed by atoms with E-state index in [4.69, 9.17) is 4.74 Å². The van der Waals surface area contributed by atoms with E-state index in [1.807, 2.05) is 41.4 Å². The Bertz CT molecular complexity index is 1080. The Morgan fingerprint density at radius 2 is 1.48 bits per heavy atom. The first-order chi connectivity index (χ1) is 16.0.